The zero-order valence-electron chi connectivity index (χ0n) is 24.5. The molecule has 3 heterocycles. The van der Waals surface area contributed by atoms with Crippen molar-refractivity contribution in [3.05, 3.63) is 83.7 Å². The Morgan fingerprint density at radius 1 is 1.00 bits per heavy atom. The van der Waals surface area contributed by atoms with Gasteiger partial charge in [0.05, 0.1) is 31.2 Å². The summed E-state index contributed by atoms with van der Waals surface area (Å²) in [5, 5.41) is 8.08. The lowest BCUT2D eigenvalue weighted by Crippen LogP contribution is -2.20. The van der Waals surface area contributed by atoms with E-state index in [4.69, 9.17) is 29.8 Å². The number of nitrogens with two attached hydrogens (primary N) is 1. The monoisotopic (exact) mass is 580 g/mol. The maximum absolute atomic E-state index is 12.4. The molecular formula is C34H36N4O5. The van der Waals surface area contributed by atoms with Crippen LogP contribution in [0.4, 0.5) is 5.82 Å². The Bertz CT molecular complexity index is 1760. The number of aromatic nitrogens is 3. The number of anilines is 1. The van der Waals surface area contributed by atoms with Crippen LogP contribution in [0.5, 0.6) is 5.75 Å². The number of ether oxygens (including phenoxy) is 4. The van der Waals surface area contributed by atoms with Gasteiger partial charge in [-0.3, -0.25) is 9.48 Å². The minimum atomic E-state index is -0.299. The molecule has 0 atom stereocenters. The van der Waals surface area contributed by atoms with E-state index in [1.807, 2.05) is 24.3 Å². The summed E-state index contributed by atoms with van der Waals surface area (Å²) in [6.07, 6.45) is 3.65. The van der Waals surface area contributed by atoms with Crippen LogP contribution in [0.3, 0.4) is 0 Å². The van der Waals surface area contributed by atoms with E-state index in [9.17, 15) is 4.79 Å². The first kappa shape index (κ1) is 28.6. The second-order valence-electron chi connectivity index (χ2n) is 10.7. The Kier molecular flexibility index (Phi) is 8.53. The van der Waals surface area contributed by atoms with Gasteiger partial charge in [0.15, 0.2) is 0 Å². The van der Waals surface area contributed by atoms with E-state index in [1.165, 1.54) is 0 Å². The average Bonchev–Trinajstić information content (AvgIpc) is 3.39. The van der Waals surface area contributed by atoms with E-state index in [0.717, 1.165) is 62.5 Å². The highest BCUT2D eigenvalue weighted by Gasteiger charge is 2.22. The number of pyridine rings is 1. The summed E-state index contributed by atoms with van der Waals surface area (Å²) < 4.78 is 24.7. The third-order valence-electron chi connectivity index (χ3n) is 7.89. The highest BCUT2D eigenvalue weighted by Crippen LogP contribution is 2.34. The third-order valence-corrected chi connectivity index (χ3v) is 7.89. The van der Waals surface area contributed by atoms with E-state index in [2.05, 4.69) is 46.1 Å². The number of hydrogen-bond acceptors (Lipinski definition) is 8. The molecule has 1 aliphatic rings. The van der Waals surface area contributed by atoms with Gasteiger partial charge in [0.1, 0.15) is 23.9 Å². The number of esters is 1. The van der Waals surface area contributed by atoms with Crippen molar-refractivity contribution in [3.63, 3.8) is 0 Å². The van der Waals surface area contributed by atoms with Gasteiger partial charge in [0, 0.05) is 42.9 Å². The summed E-state index contributed by atoms with van der Waals surface area (Å²) in [6.45, 7) is 4.24. The molecule has 0 unspecified atom stereocenters. The number of rotatable bonds is 10. The van der Waals surface area contributed by atoms with Crippen LogP contribution in [0, 0.1) is 0 Å². The van der Waals surface area contributed by atoms with Gasteiger partial charge >= 0.3 is 5.97 Å². The number of benzene rings is 3. The molecule has 1 aliphatic heterocycles. The maximum atomic E-state index is 12.4. The molecule has 0 aliphatic carbocycles. The standard InChI is InChI=1S/C34H36N4O5/c1-3-42-33(39)19-26-16-22(20-40-2)4-9-32(26)43-21-30-29-18-25(24-6-5-23-10-13-36-34(35)28(23)17-24)7-8-31(29)38(37-30)27-11-14-41-15-12-27/h4-10,13,16-18,27H,3,11-12,14-15,19-21H2,1-2H3,(H2,35,36). The minimum Gasteiger partial charge on any atom is -0.487 e. The topological polar surface area (TPSA) is 111 Å². The molecule has 0 radical (unpaired) electrons. The van der Waals surface area contributed by atoms with Crippen LogP contribution in [0.1, 0.15) is 42.6 Å². The molecule has 1 saturated heterocycles. The van der Waals surface area contributed by atoms with Crippen molar-refractivity contribution in [2.24, 2.45) is 0 Å². The fraction of sp³-hybridized carbons (Fsp3) is 0.324. The molecule has 6 rings (SSSR count). The molecule has 3 aromatic carbocycles. The fourth-order valence-electron chi connectivity index (χ4n) is 5.75. The average molecular weight is 581 g/mol. The lowest BCUT2D eigenvalue weighted by Gasteiger charge is -2.23. The lowest BCUT2D eigenvalue weighted by atomic mass is 10.00. The van der Waals surface area contributed by atoms with Gasteiger partial charge < -0.3 is 24.7 Å². The van der Waals surface area contributed by atoms with Crippen LogP contribution < -0.4 is 10.5 Å². The summed E-state index contributed by atoms with van der Waals surface area (Å²) in [6, 6.07) is 20.7. The van der Waals surface area contributed by atoms with Gasteiger partial charge in [0.25, 0.3) is 0 Å². The summed E-state index contributed by atoms with van der Waals surface area (Å²) in [7, 11) is 1.65. The molecular weight excluding hydrogens is 544 g/mol. The van der Waals surface area contributed by atoms with Crippen molar-refractivity contribution in [2.75, 3.05) is 32.7 Å². The van der Waals surface area contributed by atoms with Crippen molar-refractivity contribution < 1.29 is 23.7 Å². The second kappa shape index (κ2) is 12.8. The van der Waals surface area contributed by atoms with Gasteiger partial charge in [-0.05, 0) is 78.2 Å². The molecule has 5 aromatic rings. The predicted octanol–water partition coefficient (Wildman–Crippen LogP) is 6.02. The number of carbonyl (C=O) groups excluding carboxylic acids is 1. The van der Waals surface area contributed by atoms with Gasteiger partial charge in [-0.2, -0.15) is 5.10 Å². The number of hydrogen-bond donors (Lipinski definition) is 1. The Morgan fingerprint density at radius 2 is 1.79 bits per heavy atom. The highest BCUT2D eigenvalue weighted by atomic mass is 16.5. The predicted molar refractivity (Wildman–Crippen MR) is 166 cm³/mol. The molecule has 1 fully saturated rings. The Hall–Kier alpha value is -4.47. The van der Waals surface area contributed by atoms with Crippen molar-refractivity contribution in [2.45, 2.75) is 45.4 Å². The Morgan fingerprint density at radius 3 is 2.58 bits per heavy atom. The number of nitrogen functional groups attached to an aromatic ring is 1. The molecule has 0 bridgehead atoms. The first-order chi connectivity index (χ1) is 21.0. The Labute approximate surface area is 250 Å². The largest absolute Gasteiger partial charge is 0.487 e. The molecule has 0 spiro atoms. The molecule has 222 valence electrons. The number of fused-ring (bicyclic) bond motifs is 2. The van der Waals surface area contributed by atoms with Crippen LogP contribution in [-0.4, -0.2) is 47.7 Å². The van der Waals surface area contributed by atoms with Crippen LogP contribution in [0.2, 0.25) is 0 Å². The van der Waals surface area contributed by atoms with Crippen LogP contribution >= 0.6 is 0 Å². The third kappa shape index (κ3) is 6.18. The van der Waals surface area contributed by atoms with Crippen LogP contribution in [0.15, 0.2) is 66.9 Å². The molecule has 2 N–H and O–H groups in total. The van der Waals surface area contributed by atoms with Crippen LogP contribution in [-0.2, 0) is 38.6 Å². The summed E-state index contributed by atoms with van der Waals surface area (Å²) in [5.41, 5.74) is 11.9. The van der Waals surface area contributed by atoms with Crippen molar-refractivity contribution in [3.8, 4) is 16.9 Å². The first-order valence-corrected chi connectivity index (χ1v) is 14.7. The van der Waals surface area contributed by atoms with Gasteiger partial charge in [-0.25, -0.2) is 4.98 Å². The molecule has 9 heteroatoms. The molecule has 0 saturated carbocycles. The zero-order chi connectivity index (χ0) is 29.8. The van der Waals surface area contributed by atoms with E-state index >= 15 is 0 Å². The normalized spacial score (nSPS) is 13.9. The number of methoxy groups -OCH3 is 1. The zero-order valence-corrected chi connectivity index (χ0v) is 24.5. The van der Waals surface area contributed by atoms with E-state index in [0.29, 0.717) is 38.0 Å². The minimum absolute atomic E-state index is 0.113. The lowest BCUT2D eigenvalue weighted by molar-refractivity contribution is -0.142. The van der Waals surface area contributed by atoms with E-state index in [1.54, 1.807) is 20.2 Å². The first-order valence-electron chi connectivity index (χ1n) is 14.7. The quantitative estimate of drug-likeness (QED) is 0.200. The number of nitrogens with zero attached hydrogens (tertiary/aromatic N) is 3. The molecule has 0 amide bonds. The van der Waals surface area contributed by atoms with Gasteiger partial charge in [-0.15, -0.1) is 0 Å². The molecule has 9 nitrogen and oxygen atoms in total. The molecule has 43 heavy (non-hydrogen) atoms. The smallest absolute Gasteiger partial charge is 0.310 e. The SMILES string of the molecule is CCOC(=O)Cc1cc(COC)ccc1OCc1nn(C2CCOCC2)c2ccc(-c3ccc4ccnc(N)c4c3)cc12. The maximum Gasteiger partial charge on any atom is 0.310 e. The van der Waals surface area contributed by atoms with E-state index < -0.39 is 0 Å². The van der Waals surface area contributed by atoms with Crippen molar-refractivity contribution >= 4 is 33.5 Å². The van der Waals surface area contributed by atoms with E-state index in [-0.39, 0.29) is 25.0 Å². The van der Waals surface area contributed by atoms with Crippen LogP contribution in [0.25, 0.3) is 32.8 Å². The molecule has 2 aromatic heterocycles. The summed E-state index contributed by atoms with van der Waals surface area (Å²) in [5.74, 6) is 0.833. The van der Waals surface area contributed by atoms with Crippen molar-refractivity contribution in [1.82, 2.24) is 14.8 Å². The van der Waals surface area contributed by atoms with Crippen molar-refractivity contribution in [1.29, 1.82) is 0 Å². The number of carbonyl (C=O) groups is 1. The second-order valence-corrected chi connectivity index (χ2v) is 10.7. The van der Waals surface area contributed by atoms with Gasteiger partial charge in [-0.1, -0.05) is 24.3 Å². The summed E-state index contributed by atoms with van der Waals surface area (Å²) >= 11 is 0. The Balaban J connectivity index is 1.37. The fourth-order valence-corrected chi connectivity index (χ4v) is 5.75. The summed E-state index contributed by atoms with van der Waals surface area (Å²) in [4.78, 5) is 16.7. The highest BCUT2D eigenvalue weighted by molar-refractivity contribution is 5.95. The van der Waals surface area contributed by atoms with Gasteiger partial charge in [0.2, 0.25) is 0 Å².